The number of carboxylic acids is 1. The lowest BCUT2D eigenvalue weighted by atomic mass is 10.1. The van der Waals surface area contributed by atoms with Crippen molar-refractivity contribution in [2.75, 3.05) is 18.4 Å². The Morgan fingerprint density at radius 1 is 1.12 bits per heavy atom. The minimum atomic E-state index is -5.08. The number of anilines is 1. The van der Waals surface area contributed by atoms with Crippen LogP contribution in [0.15, 0.2) is 42.7 Å². The first-order valence-electron chi connectivity index (χ1n) is 7.01. The van der Waals surface area contributed by atoms with E-state index in [0.717, 1.165) is 24.2 Å². The number of halogens is 3. The first kappa shape index (κ1) is 17.7. The van der Waals surface area contributed by atoms with Crippen molar-refractivity contribution in [1.82, 2.24) is 15.3 Å². The van der Waals surface area contributed by atoms with Crippen molar-refractivity contribution in [3.8, 4) is 11.1 Å². The topological polar surface area (TPSA) is 87.1 Å². The zero-order valence-electron chi connectivity index (χ0n) is 12.4. The minimum Gasteiger partial charge on any atom is -0.475 e. The normalized spacial score (nSPS) is 14.1. The molecule has 9 heteroatoms. The van der Waals surface area contributed by atoms with Crippen LogP contribution in [-0.2, 0) is 4.79 Å². The summed E-state index contributed by atoms with van der Waals surface area (Å²) in [4.78, 5) is 17.5. The zero-order chi connectivity index (χ0) is 17.6. The molecule has 0 aliphatic carbocycles. The van der Waals surface area contributed by atoms with Crippen LogP contribution in [0.3, 0.4) is 0 Å². The molecule has 1 aliphatic heterocycles. The maximum absolute atomic E-state index is 10.6. The summed E-state index contributed by atoms with van der Waals surface area (Å²) >= 11 is 0. The molecule has 3 rings (SSSR count). The number of alkyl halides is 3. The van der Waals surface area contributed by atoms with Gasteiger partial charge in [-0.05, 0) is 5.56 Å². The van der Waals surface area contributed by atoms with Crippen LogP contribution in [-0.4, -0.2) is 46.4 Å². The summed E-state index contributed by atoms with van der Waals surface area (Å²) in [6, 6.07) is 10.6. The molecule has 2 heterocycles. The van der Waals surface area contributed by atoms with E-state index in [1.807, 2.05) is 30.6 Å². The molecule has 0 amide bonds. The van der Waals surface area contributed by atoms with E-state index in [1.54, 1.807) is 0 Å². The van der Waals surface area contributed by atoms with E-state index in [4.69, 9.17) is 9.90 Å². The van der Waals surface area contributed by atoms with Gasteiger partial charge in [0.1, 0.15) is 0 Å². The summed E-state index contributed by atoms with van der Waals surface area (Å²) in [5.41, 5.74) is 2.19. The Hall–Kier alpha value is -2.68. The molecule has 1 aromatic carbocycles. The Morgan fingerprint density at radius 2 is 1.67 bits per heavy atom. The second kappa shape index (κ2) is 7.73. The van der Waals surface area contributed by atoms with Crippen molar-refractivity contribution >= 4 is 11.9 Å². The molecule has 0 unspecified atom stereocenters. The summed E-state index contributed by atoms with van der Waals surface area (Å²) in [6.07, 6.45) is -1.37. The van der Waals surface area contributed by atoms with Crippen LogP contribution in [0, 0.1) is 0 Å². The third-order valence-corrected chi connectivity index (χ3v) is 3.12. The lowest BCUT2D eigenvalue weighted by Crippen LogP contribution is -2.51. The number of aliphatic carboxylic acids is 1. The molecule has 0 bridgehead atoms. The minimum absolute atomic E-state index is 0.470. The fourth-order valence-corrected chi connectivity index (χ4v) is 1.76. The van der Waals surface area contributed by atoms with Crippen molar-refractivity contribution in [1.29, 1.82) is 0 Å². The third-order valence-electron chi connectivity index (χ3n) is 3.12. The predicted molar refractivity (Wildman–Crippen MR) is 81.4 cm³/mol. The summed E-state index contributed by atoms with van der Waals surface area (Å²) in [7, 11) is 0. The standard InChI is InChI=1S/C13H14N4.C2HF3O2/c1-2-4-10(5-3-1)11-6-15-13(16-7-11)17-12-8-14-9-12;3-2(4,5)1(6)7/h1-7,12,14H,8-9H2,(H,15,16,17);(H,6,7). The summed E-state index contributed by atoms with van der Waals surface area (Å²) < 4.78 is 31.7. The van der Waals surface area contributed by atoms with E-state index in [9.17, 15) is 13.2 Å². The molecule has 2 aromatic rings. The molecule has 0 radical (unpaired) electrons. The molecule has 6 nitrogen and oxygen atoms in total. The van der Waals surface area contributed by atoms with Crippen LogP contribution in [0.5, 0.6) is 0 Å². The average Bonchev–Trinajstić information content (AvgIpc) is 2.52. The lowest BCUT2D eigenvalue weighted by molar-refractivity contribution is -0.192. The Kier molecular flexibility index (Phi) is 5.69. The van der Waals surface area contributed by atoms with Crippen LogP contribution < -0.4 is 10.6 Å². The van der Waals surface area contributed by atoms with E-state index in [-0.39, 0.29) is 0 Å². The van der Waals surface area contributed by atoms with Gasteiger partial charge in [-0.2, -0.15) is 13.2 Å². The largest absolute Gasteiger partial charge is 0.490 e. The summed E-state index contributed by atoms with van der Waals surface area (Å²) in [5.74, 6) is -2.05. The number of benzene rings is 1. The van der Waals surface area contributed by atoms with Gasteiger partial charge in [-0.1, -0.05) is 30.3 Å². The molecular weight excluding hydrogens is 325 g/mol. The van der Waals surface area contributed by atoms with Crippen molar-refractivity contribution in [2.45, 2.75) is 12.2 Å². The molecule has 1 aliphatic rings. The van der Waals surface area contributed by atoms with E-state index in [2.05, 4.69) is 32.7 Å². The fraction of sp³-hybridized carbons (Fsp3) is 0.267. The monoisotopic (exact) mass is 340 g/mol. The maximum Gasteiger partial charge on any atom is 0.490 e. The van der Waals surface area contributed by atoms with Gasteiger partial charge in [-0.3, -0.25) is 0 Å². The molecule has 1 saturated heterocycles. The van der Waals surface area contributed by atoms with Gasteiger partial charge in [0.2, 0.25) is 5.95 Å². The van der Waals surface area contributed by atoms with E-state index >= 15 is 0 Å². The molecule has 0 spiro atoms. The Morgan fingerprint density at radius 3 is 2.08 bits per heavy atom. The number of aromatic nitrogens is 2. The first-order valence-corrected chi connectivity index (χ1v) is 7.01. The van der Waals surface area contributed by atoms with Gasteiger partial charge >= 0.3 is 12.1 Å². The number of hydrogen-bond donors (Lipinski definition) is 3. The fourth-order valence-electron chi connectivity index (χ4n) is 1.76. The highest BCUT2D eigenvalue weighted by atomic mass is 19.4. The first-order chi connectivity index (χ1) is 11.4. The number of nitrogens with one attached hydrogen (secondary N) is 2. The highest BCUT2D eigenvalue weighted by molar-refractivity contribution is 5.73. The van der Waals surface area contributed by atoms with E-state index in [0.29, 0.717) is 12.0 Å². The summed E-state index contributed by atoms with van der Waals surface area (Å²) in [5, 5.41) is 13.6. The van der Waals surface area contributed by atoms with Gasteiger partial charge in [0, 0.05) is 31.0 Å². The number of carboxylic acid groups (broad SMARTS) is 1. The molecule has 1 fully saturated rings. The Bertz CT molecular complexity index is 659. The summed E-state index contributed by atoms with van der Waals surface area (Å²) in [6.45, 7) is 1.98. The van der Waals surface area contributed by atoms with Crippen LogP contribution in [0.4, 0.5) is 19.1 Å². The van der Waals surface area contributed by atoms with Gasteiger partial charge in [0.05, 0.1) is 6.04 Å². The maximum atomic E-state index is 10.6. The van der Waals surface area contributed by atoms with Crippen molar-refractivity contribution in [2.24, 2.45) is 0 Å². The van der Waals surface area contributed by atoms with Crippen LogP contribution in [0.2, 0.25) is 0 Å². The average molecular weight is 340 g/mol. The highest BCUT2D eigenvalue weighted by Gasteiger charge is 2.38. The molecular formula is C15H15F3N4O2. The SMILES string of the molecule is O=C(O)C(F)(F)F.c1ccc(-c2cnc(NC3CNC3)nc2)cc1. The van der Waals surface area contributed by atoms with Crippen LogP contribution in [0.1, 0.15) is 0 Å². The smallest absolute Gasteiger partial charge is 0.475 e. The van der Waals surface area contributed by atoms with Crippen LogP contribution >= 0.6 is 0 Å². The second-order valence-corrected chi connectivity index (χ2v) is 4.96. The van der Waals surface area contributed by atoms with E-state index in [1.165, 1.54) is 0 Å². The van der Waals surface area contributed by atoms with Gasteiger partial charge in [-0.15, -0.1) is 0 Å². The van der Waals surface area contributed by atoms with Gasteiger partial charge in [-0.25, -0.2) is 14.8 Å². The third kappa shape index (κ3) is 5.20. The van der Waals surface area contributed by atoms with Gasteiger partial charge < -0.3 is 15.7 Å². The van der Waals surface area contributed by atoms with Crippen molar-refractivity contribution in [3.05, 3.63) is 42.7 Å². The Labute approximate surface area is 135 Å². The number of hydrogen-bond acceptors (Lipinski definition) is 5. The van der Waals surface area contributed by atoms with Crippen molar-refractivity contribution < 1.29 is 23.1 Å². The van der Waals surface area contributed by atoms with Crippen molar-refractivity contribution in [3.63, 3.8) is 0 Å². The molecule has 0 saturated carbocycles. The lowest BCUT2D eigenvalue weighted by Gasteiger charge is -2.27. The Balaban J connectivity index is 0.000000256. The van der Waals surface area contributed by atoms with E-state index < -0.39 is 12.1 Å². The predicted octanol–water partition coefficient (Wildman–Crippen LogP) is 2.16. The highest BCUT2D eigenvalue weighted by Crippen LogP contribution is 2.17. The molecule has 1 aromatic heterocycles. The second-order valence-electron chi connectivity index (χ2n) is 4.96. The molecule has 3 N–H and O–H groups in total. The number of nitrogens with zero attached hydrogens (tertiary/aromatic N) is 2. The zero-order valence-corrected chi connectivity index (χ0v) is 12.4. The van der Waals surface area contributed by atoms with Crippen LogP contribution in [0.25, 0.3) is 11.1 Å². The number of carbonyl (C=O) groups is 1. The number of rotatable bonds is 3. The van der Waals surface area contributed by atoms with Gasteiger partial charge in [0.15, 0.2) is 0 Å². The molecule has 128 valence electrons. The molecule has 0 atom stereocenters. The molecule has 24 heavy (non-hydrogen) atoms. The quantitative estimate of drug-likeness (QED) is 0.794. The van der Waals surface area contributed by atoms with Gasteiger partial charge in [0.25, 0.3) is 0 Å².